The Kier molecular flexibility index (Phi) is 5.05. The fourth-order valence-corrected chi connectivity index (χ4v) is 1.29. The maximum absolute atomic E-state index is 11.6. The lowest BCUT2D eigenvalue weighted by molar-refractivity contribution is -0.114. The average molecular weight is 220 g/mol. The van der Waals surface area contributed by atoms with E-state index in [0.29, 0.717) is 12.1 Å². The maximum Gasteiger partial charge on any atom is 0.273 e. The van der Waals surface area contributed by atoms with Crippen molar-refractivity contribution in [1.82, 2.24) is 5.32 Å². The number of nitrogens with zero attached hydrogens (tertiary/aromatic N) is 1. The molecule has 1 aromatic carbocycles. The highest BCUT2D eigenvalue weighted by molar-refractivity contribution is 6.45. The van der Waals surface area contributed by atoms with Crippen LogP contribution in [0.2, 0.25) is 0 Å². The highest BCUT2D eigenvalue weighted by Gasteiger charge is 2.13. The van der Waals surface area contributed by atoms with Gasteiger partial charge in [0.25, 0.3) is 5.91 Å². The first-order valence-corrected chi connectivity index (χ1v) is 5.35. The first-order chi connectivity index (χ1) is 7.79. The first-order valence-electron chi connectivity index (χ1n) is 5.35. The van der Waals surface area contributed by atoms with E-state index in [0.717, 1.165) is 12.8 Å². The van der Waals surface area contributed by atoms with Crippen LogP contribution in [0.5, 0.6) is 0 Å². The van der Waals surface area contributed by atoms with Crippen molar-refractivity contribution in [2.24, 2.45) is 5.16 Å². The molecule has 0 heterocycles. The second kappa shape index (κ2) is 6.61. The number of amides is 1. The number of unbranched alkanes of at least 4 members (excludes halogenated alkanes) is 1. The molecule has 0 aliphatic heterocycles. The van der Waals surface area contributed by atoms with Crippen LogP contribution in [0, 0.1) is 0 Å². The molecule has 1 amide bonds. The average Bonchev–Trinajstić information content (AvgIpc) is 2.32. The predicted octanol–water partition coefficient (Wildman–Crippen LogP) is 1.78. The molecule has 0 bridgehead atoms. The molecular formula is C12H16N2O2. The number of hydrogen-bond donors (Lipinski definition) is 2. The summed E-state index contributed by atoms with van der Waals surface area (Å²) in [7, 11) is 0. The fraction of sp³-hybridized carbons (Fsp3) is 0.333. The summed E-state index contributed by atoms with van der Waals surface area (Å²) in [4.78, 5) is 11.6. The molecular weight excluding hydrogens is 204 g/mol. The number of benzene rings is 1. The van der Waals surface area contributed by atoms with Crippen molar-refractivity contribution in [2.75, 3.05) is 6.54 Å². The molecule has 0 saturated carbocycles. The highest BCUT2D eigenvalue weighted by Crippen LogP contribution is 2.01. The zero-order chi connectivity index (χ0) is 11.8. The van der Waals surface area contributed by atoms with E-state index >= 15 is 0 Å². The van der Waals surface area contributed by atoms with Crippen LogP contribution in [-0.2, 0) is 4.79 Å². The summed E-state index contributed by atoms with van der Waals surface area (Å²) in [6.07, 6.45) is 1.93. The molecule has 2 N–H and O–H groups in total. The fourth-order valence-electron chi connectivity index (χ4n) is 1.29. The minimum absolute atomic E-state index is 0.0525. The molecule has 4 nitrogen and oxygen atoms in total. The highest BCUT2D eigenvalue weighted by atomic mass is 16.4. The van der Waals surface area contributed by atoms with Crippen molar-refractivity contribution >= 4 is 11.6 Å². The summed E-state index contributed by atoms with van der Waals surface area (Å²) in [6.45, 7) is 2.64. The van der Waals surface area contributed by atoms with Gasteiger partial charge < -0.3 is 10.5 Å². The summed E-state index contributed by atoms with van der Waals surface area (Å²) < 4.78 is 0. The standard InChI is InChI=1S/C12H16N2O2/c1-2-3-9-13-12(15)11(14-16)10-7-5-4-6-8-10/h4-8,16H,2-3,9H2,1H3,(H,13,15)/b14-11+. The lowest BCUT2D eigenvalue weighted by atomic mass is 10.1. The van der Waals surface area contributed by atoms with E-state index in [2.05, 4.69) is 10.5 Å². The number of rotatable bonds is 5. The molecule has 1 aromatic rings. The zero-order valence-corrected chi connectivity index (χ0v) is 9.31. The molecule has 0 atom stereocenters. The lowest BCUT2D eigenvalue weighted by Crippen LogP contribution is -2.32. The molecule has 0 aliphatic carbocycles. The summed E-state index contributed by atoms with van der Waals surface area (Å²) in [5.41, 5.74) is 0.663. The van der Waals surface area contributed by atoms with Crippen molar-refractivity contribution in [1.29, 1.82) is 0 Å². The second-order valence-corrected chi connectivity index (χ2v) is 3.42. The Morgan fingerprint density at radius 2 is 2.06 bits per heavy atom. The third kappa shape index (κ3) is 3.38. The van der Waals surface area contributed by atoms with Gasteiger partial charge in [-0.2, -0.15) is 0 Å². The van der Waals surface area contributed by atoms with Crippen LogP contribution in [0.3, 0.4) is 0 Å². The Hall–Kier alpha value is -1.84. The molecule has 16 heavy (non-hydrogen) atoms. The van der Waals surface area contributed by atoms with E-state index in [9.17, 15) is 4.79 Å². The SMILES string of the molecule is CCCCNC(=O)/C(=N/O)c1ccccc1. The number of nitrogens with one attached hydrogen (secondary N) is 1. The van der Waals surface area contributed by atoms with Gasteiger partial charge in [0.1, 0.15) is 0 Å². The van der Waals surface area contributed by atoms with Gasteiger partial charge >= 0.3 is 0 Å². The van der Waals surface area contributed by atoms with Gasteiger partial charge in [-0.1, -0.05) is 48.8 Å². The smallest absolute Gasteiger partial charge is 0.273 e. The Bertz CT molecular complexity index is 361. The first kappa shape index (κ1) is 12.2. The topological polar surface area (TPSA) is 61.7 Å². The van der Waals surface area contributed by atoms with Gasteiger partial charge in [0.05, 0.1) is 0 Å². The summed E-state index contributed by atoms with van der Waals surface area (Å²) in [5.74, 6) is -0.345. The number of oxime groups is 1. The third-order valence-corrected chi connectivity index (χ3v) is 2.18. The maximum atomic E-state index is 11.6. The van der Waals surface area contributed by atoms with Crippen LogP contribution in [0.1, 0.15) is 25.3 Å². The van der Waals surface area contributed by atoms with Gasteiger partial charge in [-0.3, -0.25) is 4.79 Å². The van der Waals surface area contributed by atoms with Gasteiger partial charge in [0.2, 0.25) is 0 Å². The van der Waals surface area contributed by atoms with E-state index < -0.39 is 0 Å². The third-order valence-electron chi connectivity index (χ3n) is 2.18. The minimum atomic E-state index is -0.345. The van der Waals surface area contributed by atoms with Crippen molar-refractivity contribution in [3.8, 4) is 0 Å². The van der Waals surface area contributed by atoms with Gasteiger partial charge in [0.15, 0.2) is 5.71 Å². The summed E-state index contributed by atoms with van der Waals surface area (Å²) in [6, 6.07) is 8.88. The number of carbonyl (C=O) groups excluding carboxylic acids is 1. The molecule has 0 aliphatic rings. The van der Waals surface area contributed by atoms with Crippen molar-refractivity contribution in [3.05, 3.63) is 35.9 Å². The Labute approximate surface area is 95.0 Å². The van der Waals surface area contributed by atoms with Gasteiger partial charge in [0, 0.05) is 12.1 Å². The van der Waals surface area contributed by atoms with E-state index in [1.54, 1.807) is 24.3 Å². The number of hydrogen-bond acceptors (Lipinski definition) is 3. The normalized spacial score (nSPS) is 11.2. The lowest BCUT2D eigenvalue weighted by Gasteiger charge is -2.05. The minimum Gasteiger partial charge on any atom is -0.410 e. The molecule has 86 valence electrons. The Balaban J connectivity index is 2.66. The molecule has 0 spiro atoms. The van der Waals surface area contributed by atoms with Crippen LogP contribution >= 0.6 is 0 Å². The van der Waals surface area contributed by atoms with E-state index in [4.69, 9.17) is 5.21 Å². The summed E-state index contributed by atoms with van der Waals surface area (Å²) >= 11 is 0. The van der Waals surface area contributed by atoms with Gasteiger partial charge in [-0.25, -0.2) is 0 Å². The van der Waals surface area contributed by atoms with Crippen LogP contribution in [0.15, 0.2) is 35.5 Å². The van der Waals surface area contributed by atoms with E-state index in [1.165, 1.54) is 0 Å². The van der Waals surface area contributed by atoms with Crippen molar-refractivity contribution < 1.29 is 10.0 Å². The second-order valence-electron chi connectivity index (χ2n) is 3.42. The van der Waals surface area contributed by atoms with Crippen LogP contribution in [0.4, 0.5) is 0 Å². The number of carbonyl (C=O) groups is 1. The molecule has 0 aromatic heterocycles. The Morgan fingerprint density at radius 1 is 1.38 bits per heavy atom. The van der Waals surface area contributed by atoms with E-state index in [1.807, 2.05) is 13.0 Å². The quantitative estimate of drug-likeness (QED) is 0.344. The van der Waals surface area contributed by atoms with Crippen LogP contribution < -0.4 is 5.32 Å². The molecule has 0 fully saturated rings. The Morgan fingerprint density at radius 3 is 2.62 bits per heavy atom. The molecule has 0 unspecified atom stereocenters. The van der Waals surface area contributed by atoms with Crippen LogP contribution in [0.25, 0.3) is 0 Å². The molecule has 0 saturated heterocycles. The van der Waals surface area contributed by atoms with Gasteiger partial charge in [-0.15, -0.1) is 0 Å². The zero-order valence-electron chi connectivity index (χ0n) is 9.31. The predicted molar refractivity (Wildman–Crippen MR) is 62.7 cm³/mol. The molecule has 4 heteroatoms. The molecule has 0 radical (unpaired) electrons. The van der Waals surface area contributed by atoms with Gasteiger partial charge in [-0.05, 0) is 6.42 Å². The van der Waals surface area contributed by atoms with Crippen molar-refractivity contribution in [2.45, 2.75) is 19.8 Å². The van der Waals surface area contributed by atoms with E-state index in [-0.39, 0.29) is 11.6 Å². The largest absolute Gasteiger partial charge is 0.410 e. The summed E-state index contributed by atoms with van der Waals surface area (Å²) in [5, 5.41) is 14.6. The van der Waals surface area contributed by atoms with Crippen molar-refractivity contribution in [3.63, 3.8) is 0 Å². The van der Waals surface area contributed by atoms with Crippen LogP contribution in [-0.4, -0.2) is 23.4 Å². The monoisotopic (exact) mass is 220 g/mol. The molecule has 1 rings (SSSR count).